The zero-order valence-electron chi connectivity index (χ0n) is 17.0. The number of carbonyl (C=O) groups is 1. The van der Waals surface area contributed by atoms with Gasteiger partial charge in [0, 0.05) is 44.2 Å². The van der Waals surface area contributed by atoms with Gasteiger partial charge in [0.15, 0.2) is 5.13 Å². The maximum Gasteiger partial charge on any atom is 0.321 e. The molecule has 0 saturated carbocycles. The minimum Gasteiger partial charge on any atom is -0.363 e. The van der Waals surface area contributed by atoms with E-state index in [2.05, 4.69) is 26.7 Å². The van der Waals surface area contributed by atoms with E-state index in [0.717, 1.165) is 38.4 Å². The molecule has 4 aromatic rings. The van der Waals surface area contributed by atoms with Crippen LogP contribution in [0.1, 0.15) is 6.92 Å². The van der Waals surface area contributed by atoms with Crippen molar-refractivity contribution in [1.29, 1.82) is 0 Å². The minimum atomic E-state index is -0.265. The number of benzene rings is 1. The number of hydrogen-bond donors (Lipinski definition) is 2. The Balaban J connectivity index is 1.88. The highest BCUT2D eigenvalue weighted by Gasteiger charge is 2.15. The number of rotatable bonds is 5. The predicted octanol–water partition coefficient (Wildman–Crippen LogP) is 4.63. The summed E-state index contributed by atoms with van der Waals surface area (Å²) in [5.41, 5.74) is 4.62. The van der Waals surface area contributed by atoms with E-state index in [1.165, 1.54) is 11.3 Å². The normalized spacial score (nSPS) is 10.8. The van der Waals surface area contributed by atoms with E-state index < -0.39 is 0 Å². The van der Waals surface area contributed by atoms with E-state index in [1.54, 1.807) is 6.20 Å². The zero-order valence-corrected chi connectivity index (χ0v) is 17.8. The molecular formula is C22H22N6OS. The number of anilines is 2. The van der Waals surface area contributed by atoms with Gasteiger partial charge >= 0.3 is 6.03 Å². The third-order valence-electron chi connectivity index (χ3n) is 4.51. The molecule has 0 radical (unpaired) electrons. The number of aromatic nitrogens is 3. The second-order valence-corrected chi connectivity index (χ2v) is 7.89. The Labute approximate surface area is 178 Å². The molecule has 0 spiro atoms. The van der Waals surface area contributed by atoms with E-state index in [0.29, 0.717) is 11.7 Å². The Morgan fingerprint density at radius 3 is 2.70 bits per heavy atom. The lowest BCUT2D eigenvalue weighted by atomic mass is 10.0. The molecule has 0 aliphatic heterocycles. The highest BCUT2D eigenvalue weighted by atomic mass is 32.1. The summed E-state index contributed by atoms with van der Waals surface area (Å²) in [6.07, 6.45) is 3.58. The van der Waals surface area contributed by atoms with Crippen molar-refractivity contribution >= 4 is 38.5 Å². The van der Waals surface area contributed by atoms with Crippen LogP contribution in [0.2, 0.25) is 0 Å². The first-order valence-electron chi connectivity index (χ1n) is 9.59. The van der Waals surface area contributed by atoms with Crippen LogP contribution in [0.5, 0.6) is 0 Å². The molecule has 3 aromatic heterocycles. The van der Waals surface area contributed by atoms with Gasteiger partial charge in [0.25, 0.3) is 0 Å². The number of nitrogens with zero attached hydrogens (tertiary/aromatic N) is 4. The highest BCUT2D eigenvalue weighted by Crippen LogP contribution is 2.38. The SMILES string of the molecule is CCNC(=O)Nc1nc2cc(-c3cccnc3)cc(-c3cccc(N(C)C)n3)c2s1. The number of pyridine rings is 2. The van der Waals surface area contributed by atoms with Crippen LogP contribution in [0.3, 0.4) is 0 Å². The maximum atomic E-state index is 12.0. The van der Waals surface area contributed by atoms with Crippen LogP contribution in [0.25, 0.3) is 32.6 Å². The third kappa shape index (κ3) is 4.08. The lowest BCUT2D eigenvalue weighted by Crippen LogP contribution is -2.28. The monoisotopic (exact) mass is 418 g/mol. The van der Waals surface area contributed by atoms with Crippen molar-refractivity contribution in [3.63, 3.8) is 0 Å². The lowest BCUT2D eigenvalue weighted by Gasteiger charge is -2.13. The number of carbonyl (C=O) groups excluding carboxylic acids is 1. The average molecular weight is 419 g/mol. The first-order valence-corrected chi connectivity index (χ1v) is 10.4. The van der Waals surface area contributed by atoms with E-state index in [-0.39, 0.29) is 6.03 Å². The molecule has 3 heterocycles. The van der Waals surface area contributed by atoms with Gasteiger partial charge in [-0.2, -0.15) is 0 Å². The van der Waals surface area contributed by atoms with Crippen LogP contribution in [-0.2, 0) is 0 Å². The van der Waals surface area contributed by atoms with Gasteiger partial charge in [-0.1, -0.05) is 23.5 Å². The van der Waals surface area contributed by atoms with Crippen LogP contribution < -0.4 is 15.5 Å². The number of fused-ring (bicyclic) bond motifs is 1. The molecular weight excluding hydrogens is 396 g/mol. The van der Waals surface area contributed by atoms with Gasteiger partial charge in [0.05, 0.1) is 15.9 Å². The molecule has 0 fully saturated rings. The van der Waals surface area contributed by atoms with Crippen molar-refractivity contribution in [2.45, 2.75) is 6.92 Å². The van der Waals surface area contributed by atoms with Gasteiger partial charge in [-0.15, -0.1) is 0 Å². The Morgan fingerprint density at radius 2 is 1.97 bits per heavy atom. The van der Waals surface area contributed by atoms with Crippen LogP contribution in [0.4, 0.5) is 15.7 Å². The number of nitrogens with one attached hydrogen (secondary N) is 2. The van der Waals surface area contributed by atoms with Gasteiger partial charge in [0.2, 0.25) is 0 Å². The van der Waals surface area contributed by atoms with E-state index in [4.69, 9.17) is 4.98 Å². The fourth-order valence-electron chi connectivity index (χ4n) is 3.10. The van der Waals surface area contributed by atoms with E-state index in [1.807, 2.05) is 68.5 Å². The molecule has 0 bridgehead atoms. The van der Waals surface area contributed by atoms with Crippen LogP contribution in [-0.4, -0.2) is 41.6 Å². The van der Waals surface area contributed by atoms with Gasteiger partial charge in [-0.3, -0.25) is 10.3 Å². The van der Waals surface area contributed by atoms with Gasteiger partial charge in [0.1, 0.15) is 5.82 Å². The zero-order chi connectivity index (χ0) is 21.1. The molecule has 1 aromatic carbocycles. The fraction of sp³-hybridized carbons (Fsp3) is 0.182. The van der Waals surface area contributed by atoms with Crippen molar-refractivity contribution in [3.05, 3.63) is 54.9 Å². The lowest BCUT2D eigenvalue weighted by molar-refractivity contribution is 0.252. The van der Waals surface area contributed by atoms with Crippen LogP contribution in [0.15, 0.2) is 54.9 Å². The summed E-state index contributed by atoms with van der Waals surface area (Å²) < 4.78 is 0.970. The number of urea groups is 1. The van der Waals surface area contributed by atoms with Crippen LogP contribution in [0, 0.1) is 0 Å². The molecule has 0 aliphatic rings. The van der Waals surface area contributed by atoms with E-state index >= 15 is 0 Å². The van der Waals surface area contributed by atoms with Crippen molar-refractivity contribution in [1.82, 2.24) is 20.3 Å². The first kappa shape index (κ1) is 19.8. The van der Waals surface area contributed by atoms with Gasteiger partial charge in [-0.05, 0) is 42.8 Å². The summed E-state index contributed by atoms with van der Waals surface area (Å²) in [5.74, 6) is 0.873. The smallest absolute Gasteiger partial charge is 0.321 e. The molecule has 0 unspecified atom stereocenters. The van der Waals surface area contributed by atoms with Crippen molar-refractivity contribution in [2.24, 2.45) is 0 Å². The number of hydrogen-bond acceptors (Lipinski definition) is 6. The second-order valence-electron chi connectivity index (χ2n) is 6.89. The van der Waals surface area contributed by atoms with Gasteiger partial charge in [-0.25, -0.2) is 14.8 Å². The summed E-state index contributed by atoms with van der Waals surface area (Å²) in [4.78, 5) is 27.7. The van der Waals surface area contributed by atoms with Crippen LogP contribution >= 0.6 is 11.3 Å². The molecule has 30 heavy (non-hydrogen) atoms. The maximum absolute atomic E-state index is 12.0. The molecule has 8 heteroatoms. The van der Waals surface area contributed by atoms with Crippen molar-refractivity contribution in [2.75, 3.05) is 30.9 Å². The van der Waals surface area contributed by atoms with Gasteiger partial charge < -0.3 is 10.2 Å². The molecule has 152 valence electrons. The average Bonchev–Trinajstić information content (AvgIpc) is 3.16. The number of thiazole rings is 1. The number of amides is 2. The molecule has 4 rings (SSSR count). The fourth-order valence-corrected chi connectivity index (χ4v) is 4.06. The Kier molecular flexibility index (Phi) is 5.58. The quantitative estimate of drug-likeness (QED) is 0.494. The molecule has 7 nitrogen and oxygen atoms in total. The third-order valence-corrected chi connectivity index (χ3v) is 5.53. The summed E-state index contributed by atoms with van der Waals surface area (Å²) >= 11 is 1.44. The summed E-state index contributed by atoms with van der Waals surface area (Å²) in [5, 5.41) is 6.09. The Bertz CT molecular complexity index is 1190. The minimum absolute atomic E-state index is 0.265. The topological polar surface area (TPSA) is 83.0 Å². The first-order chi connectivity index (χ1) is 14.5. The van der Waals surface area contributed by atoms with Crippen molar-refractivity contribution in [3.8, 4) is 22.4 Å². The summed E-state index contributed by atoms with van der Waals surface area (Å²) in [6, 6.07) is 13.7. The van der Waals surface area contributed by atoms with Crippen molar-refractivity contribution < 1.29 is 4.79 Å². The molecule has 0 saturated heterocycles. The summed E-state index contributed by atoms with van der Waals surface area (Å²) in [7, 11) is 3.93. The summed E-state index contributed by atoms with van der Waals surface area (Å²) in [6.45, 7) is 2.42. The Hall–Kier alpha value is -3.52. The molecule has 2 N–H and O–H groups in total. The molecule has 0 aliphatic carbocycles. The van der Waals surface area contributed by atoms with E-state index in [9.17, 15) is 4.79 Å². The largest absolute Gasteiger partial charge is 0.363 e. The highest BCUT2D eigenvalue weighted by molar-refractivity contribution is 7.22. The molecule has 0 atom stereocenters. The Morgan fingerprint density at radius 1 is 1.10 bits per heavy atom. The second kappa shape index (κ2) is 8.46. The predicted molar refractivity (Wildman–Crippen MR) is 123 cm³/mol. The standard InChI is InChI=1S/C22H22N6OS/c1-4-24-21(29)27-22-26-18-12-15(14-7-6-10-23-13-14)11-16(20(18)30-22)17-8-5-9-19(25-17)28(2)3/h5-13H,4H2,1-3H3,(H2,24,26,27,29). The molecule has 2 amide bonds.